The quantitative estimate of drug-likeness (QED) is 0.400. The molecule has 5 N–H and O–H groups in total. The van der Waals surface area contributed by atoms with E-state index >= 15 is 0 Å². The molecule has 0 saturated heterocycles. The normalized spacial score (nSPS) is 25.2. The number of nitrogens with one attached hydrogen (secondary N) is 1. The molecule has 0 aliphatic heterocycles. The Morgan fingerprint density at radius 2 is 1.78 bits per heavy atom. The van der Waals surface area contributed by atoms with Crippen molar-refractivity contribution in [2.45, 2.75) is 51.6 Å². The van der Waals surface area contributed by atoms with Gasteiger partial charge in [-0.05, 0) is 51.0 Å². The molecule has 0 heterocycles. The van der Waals surface area contributed by atoms with Crippen molar-refractivity contribution < 1.29 is 0 Å². The summed E-state index contributed by atoms with van der Waals surface area (Å²) in [6, 6.07) is 1.01. The van der Waals surface area contributed by atoms with Gasteiger partial charge in [-0.15, -0.1) is 0 Å². The largest absolute Gasteiger partial charge is 0.376 e. The Labute approximate surface area is 115 Å². The molecule has 0 bridgehead atoms. The van der Waals surface area contributed by atoms with Crippen LogP contribution in [0.4, 0.5) is 0 Å². The molecule has 5 nitrogen and oxygen atoms in total. The first-order chi connectivity index (χ1) is 8.56. The van der Waals surface area contributed by atoms with Crippen molar-refractivity contribution in [2.75, 3.05) is 13.1 Å². The van der Waals surface area contributed by atoms with E-state index in [4.69, 9.17) is 23.7 Å². The van der Waals surface area contributed by atoms with Crippen molar-refractivity contribution in [3.8, 4) is 0 Å². The maximum absolute atomic E-state index is 5.71. The van der Waals surface area contributed by atoms with Gasteiger partial charge in [-0.1, -0.05) is 13.8 Å². The minimum atomic E-state index is 0.174. The molecule has 1 aliphatic carbocycles. The first kappa shape index (κ1) is 15.2. The van der Waals surface area contributed by atoms with Crippen molar-refractivity contribution in [1.82, 2.24) is 10.2 Å². The Morgan fingerprint density at radius 3 is 2.22 bits per heavy atom. The van der Waals surface area contributed by atoms with E-state index in [1.807, 2.05) is 0 Å². The molecule has 1 rings (SSSR count). The van der Waals surface area contributed by atoms with Crippen molar-refractivity contribution >= 4 is 23.3 Å². The zero-order chi connectivity index (χ0) is 13.5. The van der Waals surface area contributed by atoms with Crippen LogP contribution in [0.3, 0.4) is 0 Å². The minimum Gasteiger partial charge on any atom is -0.376 e. The van der Waals surface area contributed by atoms with Crippen molar-refractivity contribution in [3.05, 3.63) is 0 Å². The number of nitrogens with two attached hydrogens (primary N) is 2. The first-order valence-electron chi connectivity index (χ1n) is 6.70. The van der Waals surface area contributed by atoms with Crippen molar-refractivity contribution in [2.24, 2.45) is 16.5 Å². The molecule has 0 spiro atoms. The third kappa shape index (κ3) is 4.78. The maximum atomic E-state index is 5.71. The highest BCUT2D eigenvalue weighted by molar-refractivity contribution is 7.80. The molecule has 0 atom stereocenters. The lowest BCUT2D eigenvalue weighted by atomic mass is 9.90. The highest BCUT2D eigenvalue weighted by Crippen LogP contribution is 2.24. The summed E-state index contributed by atoms with van der Waals surface area (Å²) in [5.74, 6) is 0.341. The number of guanidine groups is 1. The molecular formula is C12H25N5S. The van der Waals surface area contributed by atoms with Crippen LogP contribution in [0.15, 0.2) is 4.99 Å². The van der Waals surface area contributed by atoms with Crippen molar-refractivity contribution in [3.63, 3.8) is 0 Å². The summed E-state index contributed by atoms with van der Waals surface area (Å²) in [4.78, 5) is 6.94. The average Bonchev–Trinajstić information content (AvgIpc) is 2.31. The summed E-state index contributed by atoms with van der Waals surface area (Å²) >= 11 is 4.72. The van der Waals surface area contributed by atoms with E-state index in [0.29, 0.717) is 18.0 Å². The van der Waals surface area contributed by atoms with Crippen LogP contribution in [0, 0.1) is 0 Å². The second kappa shape index (κ2) is 7.53. The van der Waals surface area contributed by atoms with Crippen molar-refractivity contribution in [1.29, 1.82) is 0 Å². The maximum Gasteiger partial charge on any atom is 0.195 e. The van der Waals surface area contributed by atoms with E-state index in [1.165, 1.54) is 12.8 Å². The molecule has 0 radical (unpaired) electrons. The summed E-state index contributed by atoms with van der Waals surface area (Å²) in [6.07, 6.45) is 4.55. The molecule has 0 aromatic carbocycles. The SMILES string of the molecule is CCN(CC)C1CCC(N=C(N)NC(N)=S)CC1. The fraction of sp³-hybridized carbons (Fsp3) is 0.833. The summed E-state index contributed by atoms with van der Waals surface area (Å²) in [5, 5.41) is 2.85. The van der Waals surface area contributed by atoms with Crippen LogP contribution in [0.25, 0.3) is 0 Å². The molecule has 1 saturated carbocycles. The summed E-state index contributed by atoms with van der Waals surface area (Å²) in [6.45, 7) is 6.69. The summed E-state index contributed by atoms with van der Waals surface area (Å²) in [5.41, 5.74) is 11.1. The molecule has 6 heteroatoms. The average molecular weight is 271 g/mol. The van der Waals surface area contributed by atoms with E-state index in [0.717, 1.165) is 25.9 Å². The van der Waals surface area contributed by atoms with Gasteiger partial charge in [-0.25, -0.2) is 4.99 Å². The molecule has 0 amide bonds. The Morgan fingerprint density at radius 1 is 1.22 bits per heavy atom. The van der Waals surface area contributed by atoms with Gasteiger partial charge < -0.3 is 21.7 Å². The predicted molar refractivity (Wildman–Crippen MR) is 80.5 cm³/mol. The Balaban J connectivity index is 2.41. The molecule has 104 valence electrons. The van der Waals surface area contributed by atoms with E-state index in [-0.39, 0.29) is 5.11 Å². The van der Waals surface area contributed by atoms with Gasteiger partial charge in [0, 0.05) is 6.04 Å². The van der Waals surface area contributed by atoms with Crippen LogP contribution in [0.1, 0.15) is 39.5 Å². The van der Waals surface area contributed by atoms with Gasteiger partial charge in [0.1, 0.15) is 0 Å². The lowest BCUT2D eigenvalue weighted by molar-refractivity contribution is 0.165. The van der Waals surface area contributed by atoms with Crippen LogP contribution in [-0.2, 0) is 0 Å². The first-order valence-corrected chi connectivity index (χ1v) is 7.11. The summed E-state index contributed by atoms with van der Waals surface area (Å²) < 4.78 is 0. The van der Waals surface area contributed by atoms with Crippen LogP contribution in [-0.4, -0.2) is 41.1 Å². The molecule has 1 fully saturated rings. The lowest BCUT2D eigenvalue weighted by Gasteiger charge is -2.34. The van der Waals surface area contributed by atoms with Gasteiger partial charge in [0.15, 0.2) is 11.1 Å². The highest BCUT2D eigenvalue weighted by atomic mass is 32.1. The number of nitrogens with zero attached hydrogens (tertiary/aromatic N) is 2. The zero-order valence-electron chi connectivity index (χ0n) is 11.4. The lowest BCUT2D eigenvalue weighted by Crippen LogP contribution is -2.42. The number of thiocarbonyl (C=S) groups is 1. The molecule has 18 heavy (non-hydrogen) atoms. The Kier molecular flexibility index (Phi) is 6.35. The molecular weight excluding hydrogens is 246 g/mol. The van der Waals surface area contributed by atoms with Gasteiger partial charge in [-0.2, -0.15) is 0 Å². The Hall–Kier alpha value is -0.880. The zero-order valence-corrected chi connectivity index (χ0v) is 12.2. The van der Waals surface area contributed by atoms with Gasteiger partial charge in [0.05, 0.1) is 6.04 Å². The van der Waals surface area contributed by atoms with Gasteiger partial charge in [-0.3, -0.25) is 0 Å². The molecule has 0 aromatic heterocycles. The number of aliphatic imine (C=N–C) groups is 1. The molecule has 0 unspecified atom stereocenters. The van der Waals surface area contributed by atoms with Gasteiger partial charge >= 0.3 is 0 Å². The van der Waals surface area contributed by atoms with E-state index < -0.39 is 0 Å². The fourth-order valence-corrected chi connectivity index (χ4v) is 2.75. The Bertz CT molecular complexity index is 293. The fourth-order valence-electron chi connectivity index (χ4n) is 2.65. The monoisotopic (exact) mass is 271 g/mol. The van der Waals surface area contributed by atoms with E-state index in [9.17, 15) is 0 Å². The molecule has 0 aromatic rings. The number of hydrogen-bond acceptors (Lipinski definition) is 3. The second-order valence-corrected chi connectivity index (χ2v) is 5.13. The number of rotatable bonds is 4. The van der Waals surface area contributed by atoms with Crippen LogP contribution >= 0.6 is 12.2 Å². The smallest absolute Gasteiger partial charge is 0.195 e. The van der Waals surface area contributed by atoms with E-state index in [2.05, 4.69) is 29.1 Å². The van der Waals surface area contributed by atoms with Crippen LogP contribution in [0.2, 0.25) is 0 Å². The molecule has 1 aliphatic rings. The highest BCUT2D eigenvalue weighted by Gasteiger charge is 2.24. The topological polar surface area (TPSA) is 79.7 Å². The van der Waals surface area contributed by atoms with Crippen LogP contribution < -0.4 is 16.8 Å². The summed E-state index contributed by atoms with van der Waals surface area (Å²) in [7, 11) is 0. The number of hydrogen-bond donors (Lipinski definition) is 3. The van der Waals surface area contributed by atoms with Gasteiger partial charge in [0.2, 0.25) is 0 Å². The minimum absolute atomic E-state index is 0.174. The predicted octanol–water partition coefficient (Wildman–Crippen LogP) is 0.787. The van der Waals surface area contributed by atoms with Gasteiger partial charge in [0.25, 0.3) is 0 Å². The van der Waals surface area contributed by atoms with Crippen LogP contribution in [0.5, 0.6) is 0 Å². The third-order valence-electron chi connectivity index (χ3n) is 3.57. The standard InChI is InChI=1S/C12H25N5S/c1-3-17(4-2)10-7-5-9(6-8-10)15-11(13)16-12(14)18/h9-10H,3-8H2,1-2H3,(H5,13,14,15,16,18). The van der Waals surface area contributed by atoms with E-state index in [1.54, 1.807) is 0 Å². The third-order valence-corrected chi connectivity index (χ3v) is 3.67. The second-order valence-electron chi connectivity index (χ2n) is 4.69.